The maximum atomic E-state index is 12.9. The molecule has 0 aliphatic carbocycles. The molecule has 0 spiro atoms. The van der Waals surface area contributed by atoms with Crippen molar-refractivity contribution < 1.29 is 28.6 Å². The number of allylic oxidation sites excluding steroid dienone is 16. The van der Waals surface area contributed by atoms with Crippen molar-refractivity contribution in [3.05, 3.63) is 97.2 Å². The molecule has 0 saturated carbocycles. The standard InChI is InChI=1S/C77H134O6/c1-4-7-10-13-16-19-22-25-28-31-34-35-36-37-38-39-40-41-44-46-49-52-55-58-61-64-67-70-76(79)82-73-74(83-77(80)71-68-65-62-59-56-53-50-47-43-33-30-27-24-21-18-15-12-9-6-3)72-81-75(78)69-66-63-60-57-54-51-48-45-42-32-29-26-23-20-17-14-11-8-5-2/h9,12,18,21,26-27,29-31,34,43,47,53,56,62,65,74H,4-8,10-11,13-17,19-20,22-25,28,32-33,35-42,44-46,48-52,54-55,57-61,63-64,66-73H2,1-3H3/b12-9-,21-18-,29-26-,30-27-,34-31-,47-43-,56-53-,65-62-. The normalized spacial score (nSPS) is 12.7. The molecule has 83 heavy (non-hydrogen) atoms. The molecule has 0 aromatic heterocycles. The van der Waals surface area contributed by atoms with Crippen LogP contribution in [0.25, 0.3) is 0 Å². The highest BCUT2D eigenvalue weighted by Gasteiger charge is 2.19. The Balaban J connectivity index is 4.38. The van der Waals surface area contributed by atoms with E-state index in [1.807, 2.05) is 6.08 Å². The Hall–Kier alpha value is -3.67. The highest BCUT2D eigenvalue weighted by Crippen LogP contribution is 2.17. The fourth-order valence-corrected chi connectivity index (χ4v) is 10.2. The summed E-state index contributed by atoms with van der Waals surface area (Å²) in [6.07, 6.45) is 95.9. The molecule has 6 heteroatoms. The molecule has 0 aromatic rings. The predicted molar refractivity (Wildman–Crippen MR) is 362 cm³/mol. The van der Waals surface area contributed by atoms with E-state index in [1.54, 1.807) is 0 Å². The summed E-state index contributed by atoms with van der Waals surface area (Å²) in [5.74, 6) is -0.977. The minimum atomic E-state index is -0.821. The van der Waals surface area contributed by atoms with E-state index in [1.165, 1.54) is 231 Å². The number of unbranched alkanes of at least 4 members (excludes halogenated alkanes) is 38. The zero-order valence-electron chi connectivity index (χ0n) is 54.9. The Kier molecular flexibility index (Phi) is 67.7. The van der Waals surface area contributed by atoms with Gasteiger partial charge in [0.1, 0.15) is 13.2 Å². The summed E-state index contributed by atoms with van der Waals surface area (Å²) in [5, 5.41) is 0. The second-order valence-corrected chi connectivity index (χ2v) is 23.8. The zero-order valence-corrected chi connectivity index (χ0v) is 54.9. The third kappa shape index (κ3) is 69.0. The molecule has 0 aliphatic heterocycles. The lowest BCUT2D eigenvalue weighted by atomic mass is 10.0. The van der Waals surface area contributed by atoms with E-state index in [0.717, 1.165) is 77.0 Å². The monoisotopic (exact) mass is 1160 g/mol. The van der Waals surface area contributed by atoms with Gasteiger partial charge in [0.15, 0.2) is 6.10 Å². The third-order valence-corrected chi connectivity index (χ3v) is 15.6. The van der Waals surface area contributed by atoms with E-state index in [2.05, 4.69) is 112 Å². The van der Waals surface area contributed by atoms with Gasteiger partial charge in [-0.05, 0) is 109 Å². The number of carbonyl (C=O) groups excluding carboxylic acids is 3. The van der Waals surface area contributed by atoms with Crippen LogP contribution >= 0.6 is 0 Å². The van der Waals surface area contributed by atoms with Crippen molar-refractivity contribution in [2.24, 2.45) is 0 Å². The maximum Gasteiger partial charge on any atom is 0.306 e. The first-order valence-corrected chi connectivity index (χ1v) is 35.7. The molecule has 0 saturated heterocycles. The molecule has 0 radical (unpaired) electrons. The van der Waals surface area contributed by atoms with Crippen LogP contribution in [0.4, 0.5) is 0 Å². The van der Waals surface area contributed by atoms with Gasteiger partial charge in [-0.15, -0.1) is 0 Å². The topological polar surface area (TPSA) is 78.9 Å². The summed E-state index contributed by atoms with van der Waals surface area (Å²) in [5.41, 5.74) is 0. The summed E-state index contributed by atoms with van der Waals surface area (Å²) in [4.78, 5) is 38.4. The zero-order chi connectivity index (χ0) is 59.9. The van der Waals surface area contributed by atoms with Crippen molar-refractivity contribution in [3.8, 4) is 0 Å². The Morgan fingerprint density at radius 3 is 0.783 bits per heavy atom. The lowest BCUT2D eigenvalue weighted by Crippen LogP contribution is -2.30. The van der Waals surface area contributed by atoms with E-state index in [-0.39, 0.29) is 37.5 Å². The highest BCUT2D eigenvalue weighted by molar-refractivity contribution is 5.71. The molecule has 0 aromatic carbocycles. The summed E-state index contributed by atoms with van der Waals surface area (Å²) >= 11 is 0. The van der Waals surface area contributed by atoms with Crippen LogP contribution in [0.2, 0.25) is 0 Å². The first-order valence-electron chi connectivity index (χ1n) is 35.7. The summed E-state index contributed by atoms with van der Waals surface area (Å²) in [7, 11) is 0. The second kappa shape index (κ2) is 70.8. The Labute approximate surface area is 515 Å². The number of carbonyl (C=O) groups is 3. The highest BCUT2D eigenvalue weighted by atomic mass is 16.6. The first kappa shape index (κ1) is 79.3. The molecule has 0 N–H and O–H groups in total. The van der Waals surface area contributed by atoms with E-state index >= 15 is 0 Å². The molecule has 0 amide bonds. The molecular weight excluding hydrogens is 1020 g/mol. The molecule has 1 atom stereocenters. The lowest BCUT2D eigenvalue weighted by molar-refractivity contribution is -0.166. The molecule has 478 valence electrons. The van der Waals surface area contributed by atoms with Crippen molar-refractivity contribution in [1.82, 2.24) is 0 Å². The molecule has 0 rings (SSSR count). The lowest BCUT2D eigenvalue weighted by Gasteiger charge is -2.18. The minimum absolute atomic E-state index is 0.106. The molecule has 0 aliphatic rings. The van der Waals surface area contributed by atoms with Crippen molar-refractivity contribution in [2.75, 3.05) is 13.2 Å². The Morgan fingerprint density at radius 2 is 0.494 bits per heavy atom. The molecule has 1 unspecified atom stereocenters. The second-order valence-electron chi connectivity index (χ2n) is 23.8. The number of ether oxygens (including phenoxy) is 3. The third-order valence-electron chi connectivity index (χ3n) is 15.6. The fourth-order valence-electron chi connectivity index (χ4n) is 10.2. The van der Waals surface area contributed by atoms with Crippen molar-refractivity contribution in [3.63, 3.8) is 0 Å². The quantitative estimate of drug-likeness (QED) is 0.0261. The van der Waals surface area contributed by atoms with Crippen LogP contribution in [0.15, 0.2) is 97.2 Å². The Morgan fingerprint density at radius 1 is 0.253 bits per heavy atom. The van der Waals surface area contributed by atoms with Gasteiger partial charge < -0.3 is 14.2 Å². The number of esters is 3. The predicted octanol–water partition coefficient (Wildman–Crippen LogP) is 24.8. The summed E-state index contributed by atoms with van der Waals surface area (Å²) in [6.45, 7) is 6.51. The molecule has 0 heterocycles. The van der Waals surface area contributed by atoms with Gasteiger partial charge in [0.25, 0.3) is 0 Å². The van der Waals surface area contributed by atoms with Gasteiger partial charge >= 0.3 is 17.9 Å². The SMILES string of the molecule is CC/C=C\C/C=C\C/C=C\C/C=C\C/C=C\C/C=C\CCC(=O)OC(COC(=O)CCCCCCCCCCC/C=C\CCCCCCCC)COC(=O)CCCCCCCCCCCCCCCCC/C=C\CCCCCCCCCC. The van der Waals surface area contributed by atoms with Gasteiger partial charge in [0, 0.05) is 19.3 Å². The van der Waals surface area contributed by atoms with Gasteiger partial charge in [0.05, 0.1) is 0 Å². The van der Waals surface area contributed by atoms with Crippen molar-refractivity contribution in [1.29, 1.82) is 0 Å². The van der Waals surface area contributed by atoms with Crippen LogP contribution in [-0.4, -0.2) is 37.2 Å². The van der Waals surface area contributed by atoms with Gasteiger partial charge in [0.2, 0.25) is 0 Å². The molecular formula is C77H134O6. The van der Waals surface area contributed by atoms with Crippen LogP contribution in [0.5, 0.6) is 0 Å². The smallest absolute Gasteiger partial charge is 0.306 e. The van der Waals surface area contributed by atoms with Gasteiger partial charge in [-0.3, -0.25) is 14.4 Å². The van der Waals surface area contributed by atoms with E-state index in [0.29, 0.717) is 19.3 Å². The maximum absolute atomic E-state index is 12.9. The van der Waals surface area contributed by atoms with Crippen molar-refractivity contribution in [2.45, 2.75) is 361 Å². The van der Waals surface area contributed by atoms with Gasteiger partial charge in [-0.1, -0.05) is 323 Å². The number of hydrogen-bond acceptors (Lipinski definition) is 6. The molecule has 0 fully saturated rings. The van der Waals surface area contributed by atoms with Crippen LogP contribution in [-0.2, 0) is 28.6 Å². The van der Waals surface area contributed by atoms with Crippen LogP contribution < -0.4 is 0 Å². The molecule has 0 bridgehead atoms. The fraction of sp³-hybridized carbons (Fsp3) is 0.753. The van der Waals surface area contributed by atoms with Crippen LogP contribution in [0.3, 0.4) is 0 Å². The molecule has 6 nitrogen and oxygen atoms in total. The average Bonchev–Trinajstić information content (AvgIpc) is 3.50. The average molecular weight is 1160 g/mol. The Bertz CT molecular complexity index is 1610. The van der Waals surface area contributed by atoms with E-state index in [9.17, 15) is 14.4 Å². The summed E-state index contributed by atoms with van der Waals surface area (Å²) < 4.78 is 16.9. The largest absolute Gasteiger partial charge is 0.462 e. The van der Waals surface area contributed by atoms with Crippen molar-refractivity contribution >= 4 is 17.9 Å². The van der Waals surface area contributed by atoms with Gasteiger partial charge in [-0.2, -0.15) is 0 Å². The number of hydrogen-bond donors (Lipinski definition) is 0. The van der Waals surface area contributed by atoms with E-state index < -0.39 is 6.10 Å². The van der Waals surface area contributed by atoms with Gasteiger partial charge in [-0.25, -0.2) is 0 Å². The van der Waals surface area contributed by atoms with Crippen LogP contribution in [0, 0.1) is 0 Å². The number of rotatable bonds is 65. The minimum Gasteiger partial charge on any atom is -0.462 e. The summed E-state index contributed by atoms with van der Waals surface area (Å²) in [6, 6.07) is 0. The van der Waals surface area contributed by atoms with Crippen LogP contribution in [0.1, 0.15) is 355 Å². The first-order chi connectivity index (χ1) is 41.0. The van der Waals surface area contributed by atoms with E-state index in [4.69, 9.17) is 14.2 Å².